The van der Waals surface area contributed by atoms with Crippen LogP contribution in [0.5, 0.6) is 0 Å². The molecule has 0 bridgehead atoms. The zero-order valence-electron chi connectivity index (χ0n) is 8.94. The molecular weight excluding hydrogens is 285 g/mol. The lowest BCUT2D eigenvalue weighted by Crippen LogP contribution is -2.18. The highest BCUT2D eigenvalue weighted by molar-refractivity contribution is 9.10. The van der Waals surface area contributed by atoms with Gasteiger partial charge in [0.25, 0.3) is 0 Å². The van der Waals surface area contributed by atoms with E-state index in [9.17, 15) is 13.2 Å². The third kappa shape index (κ3) is 4.14. The number of hydrogen-bond acceptors (Lipinski definition) is 1. The van der Waals surface area contributed by atoms with E-state index in [1.807, 2.05) is 13.0 Å². The van der Waals surface area contributed by atoms with Crippen LogP contribution in [-0.4, -0.2) is 12.8 Å². The van der Waals surface area contributed by atoms with Gasteiger partial charge >= 0.3 is 6.18 Å². The van der Waals surface area contributed by atoms with Gasteiger partial charge in [-0.1, -0.05) is 28.1 Å². The van der Waals surface area contributed by atoms with Gasteiger partial charge in [0.05, 0.1) is 6.10 Å². The largest absolute Gasteiger partial charge is 0.411 e. The molecule has 0 saturated heterocycles. The molecule has 0 saturated carbocycles. The Kier molecular flexibility index (Phi) is 4.38. The first kappa shape index (κ1) is 13.5. The van der Waals surface area contributed by atoms with Crippen LogP contribution in [0.15, 0.2) is 22.7 Å². The number of rotatable bonds is 3. The molecule has 0 aliphatic heterocycles. The lowest BCUT2D eigenvalue weighted by atomic mass is 10.1. The minimum atomic E-state index is -4.28. The molecule has 5 heteroatoms. The second kappa shape index (κ2) is 5.19. The van der Waals surface area contributed by atoms with Gasteiger partial charge in [-0.05, 0) is 31.0 Å². The van der Waals surface area contributed by atoms with Gasteiger partial charge in [0.15, 0.2) is 0 Å². The van der Waals surface area contributed by atoms with E-state index in [-0.39, 0.29) is 0 Å². The maximum Gasteiger partial charge on any atom is 0.411 e. The van der Waals surface area contributed by atoms with Crippen LogP contribution < -0.4 is 0 Å². The molecule has 1 nitrogen and oxygen atoms in total. The Morgan fingerprint density at radius 2 is 2.00 bits per heavy atom. The third-order valence-corrected chi connectivity index (χ3v) is 3.04. The molecule has 0 aromatic heterocycles. The van der Waals surface area contributed by atoms with Gasteiger partial charge in [-0.25, -0.2) is 0 Å². The highest BCUT2D eigenvalue weighted by atomic mass is 79.9. The number of alkyl halides is 3. The van der Waals surface area contributed by atoms with Crippen LogP contribution >= 0.6 is 15.9 Å². The zero-order chi connectivity index (χ0) is 12.3. The molecule has 0 radical (unpaired) electrons. The summed E-state index contributed by atoms with van der Waals surface area (Å²) in [6.45, 7) is 2.27. The van der Waals surface area contributed by atoms with E-state index in [1.54, 1.807) is 19.1 Å². The SMILES string of the molecule is Cc1cc(C(C)OCC(F)(F)F)ccc1Br. The van der Waals surface area contributed by atoms with Crippen molar-refractivity contribution < 1.29 is 17.9 Å². The van der Waals surface area contributed by atoms with Gasteiger partial charge in [-0.2, -0.15) is 13.2 Å². The van der Waals surface area contributed by atoms with Crippen LogP contribution in [0.3, 0.4) is 0 Å². The molecule has 1 aromatic carbocycles. The summed E-state index contributed by atoms with van der Waals surface area (Å²) in [5.74, 6) is 0. The lowest BCUT2D eigenvalue weighted by molar-refractivity contribution is -0.184. The van der Waals surface area contributed by atoms with Crippen molar-refractivity contribution in [3.05, 3.63) is 33.8 Å². The number of aryl methyl sites for hydroxylation is 1. The first-order valence-electron chi connectivity index (χ1n) is 4.74. The molecule has 0 aliphatic rings. The summed E-state index contributed by atoms with van der Waals surface area (Å²) in [6, 6.07) is 5.36. The quantitative estimate of drug-likeness (QED) is 0.803. The topological polar surface area (TPSA) is 9.23 Å². The van der Waals surface area contributed by atoms with Gasteiger partial charge in [0.1, 0.15) is 6.61 Å². The number of hydrogen-bond donors (Lipinski definition) is 0. The number of benzene rings is 1. The fourth-order valence-corrected chi connectivity index (χ4v) is 1.48. The smallest absolute Gasteiger partial charge is 0.364 e. The van der Waals surface area contributed by atoms with Crippen LogP contribution in [0.25, 0.3) is 0 Å². The molecule has 0 N–H and O–H groups in total. The molecule has 0 heterocycles. The molecule has 90 valence electrons. The standard InChI is InChI=1S/C11H12BrF3O/c1-7-5-9(3-4-10(7)12)8(2)16-6-11(13,14)15/h3-5,8H,6H2,1-2H3. The molecule has 16 heavy (non-hydrogen) atoms. The van der Waals surface area contributed by atoms with E-state index < -0.39 is 18.9 Å². The van der Waals surface area contributed by atoms with Crippen LogP contribution in [0.4, 0.5) is 13.2 Å². The first-order valence-corrected chi connectivity index (χ1v) is 5.53. The van der Waals surface area contributed by atoms with Crippen molar-refractivity contribution in [2.45, 2.75) is 26.1 Å². The van der Waals surface area contributed by atoms with Gasteiger partial charge in [0, 0.05) is 4.47 Å². The van der Waals surface area contributed by atoms with Crippen LogP contribution in [0, 0.1) is 6.92 Å². The van der Waals surface area contributed by atoms with Crippen molar-refractivity contribution in [3.63, 3.8) is 0 Å². The fraction of sp³-hybridized carbons (Fsp3) is 0.455. The second-order valence-electron chi connectivity index (χ2n) is 3.58. The molecule has 0 spiro atoms. The van der Waals surface area contributed by atoms with Crippen LogP contribution in [0.2, 0.25) is 0 Å². The van der Waals surface area contributed by atoms with Gasteiger partial charge in [0.2, 0.25) is 0 Å². The Hall–Kier alpha value is -0.550. The third-order valence-electron chi connectivity index (χ3n) is 2.15. The molecule has 0 aliphatic carbocycles. The Labute approximate surface area is 101 Å². The fourth-order valence-electron chi connectivity index (χ4n) is 1.24. The predicted octanol–water partition coefficient (Wildman–Crippen LogP) is 4.40. The van der Waals surface area contributed by atoms with E-state index in [0.29, 0.717) is 0 Å². The average Bonchev–Trinajstić information content (AvgIpc) is 2.17. The van der Waals surface area contributed by atoms with Gasteiger partial charge in [-0.3, -0.25) is 0 Å². The van der Waals surface area contributed by atoms with E-state index in [4.69, 9.17) is 4.74 Å². The Balaban J connectivity index is 2.66. The minimum absolute atomic E-state index is 0.562. The van der Waals surface area contributed by atoms with Crippen molar-refractivity contribution in [1.29, 1.82) is 0 Å². The Morgan fingerprint density at radius 3 is 2.50 bits per heavy atom. The van der Waals surface area contributed by atoms with Crippen LogP contribution in [-0.2, 0) is 4.74 Å². The summed E-state index contributed by atoms with van der Waals surface area (Å²) >= 11 is 3.33. The summed E-state index contributed by atoms with van der Waals surface area (Å²) < 4.78 is 41.5. The molecular formula is C11H12BrF3O. The van der Waals surface area contributed by atoms with Crippen molar-refractivity contribution in [2.75, 3.05) is 6.61 Å². The molecule has 0 amide bonds. The highest BCUT2D eigenvalue weighted by Gasteiger charge is 2.28. The molecule has 1 atom stereocenters. The van der Waals surface area contributed by atoms with E-state index >= 15 is 0 Å². The molecule has 1 unspecified atom stereocenters. The monoisotopic (exact) mass is 296 g/mol. The van der Waals surface area contributed by atoms with Gasteiger partial charge in [-0.15, -0.1) is 0 Å². The number of halogens is 4. The maximum atomic E-state index is 11.9. The first-order chi connectivity index (χ1) is 7.29. The van der Waals surface area contributed by atoms with Crippen molar-refractivity contribution in [3.8, 4) is 0 Å². The average molecular weight is 297 g/mol. The lowest BCUT2D eigenvalue weighted by Gasteiger charge is -2.15. The summed E-state index contributed by atoms with van der Waals surface area (Å²) in [4.78, 5) is 0. The molecule has 1 rings (SSSR count). The van der Waals surface area contributed by atoms with Crippen molar-refractivity contribution >= 4 is 15.9 Å². The van der Waals surface area contributed by atoms with Gasteiger partial charge < -0.3 is 4.74 Å². The van der Waals surface area contributed by atoms with E-state index in [1.165, 1.54) is 0 Å². The number of ether oxygens (including phenoxy) is 1. The predicted molar refractivity (Wildman–Crippen MR) is 59.3 cm³/mol. The summed E-state index contributed by atoms with van der Waals surface area (Å²) in [5, 5.41) is 0. The highest BCUT2D eigenvalue weighted by Crippen LogP contribution is 2.25. The summed E-state index contributed by atoms with van der Waals surface area (Å²) in [6.07, 6.45) is -4.84. The summed E-state index contributed by atoms with van der Waals surface area (Å²) in [5.41, 5.74) is 1.71. The molecule has 0 fully saturated rings. The van der Waals surface area contributed by atoms with Crippen LogP contribution in [0.1, 0.15) is 24.2 Å². The minimum Gasteiger partial charge on any atom is -0.364 e. The van der Waals surface area contributed by atoms with Crippen molar-refractivity contribution in [2.24, 2.45) is 0 Å². The van der Waals surface area contributed by atoms with Crippen molar-refractivity contribution in [1.82, 2.24) is 0 Å². The second-order valence-corrected chi connectivity index (χ2v) is 4.43. The molecule has 1 aromatic rings. The Morgan fingerprint density at radius 1 is 1.38 bits per heavy atom. The summed E-state index contributed by atoms with van der Waals surface area (Å²) in [7, 11) is 0. The zero-order valence-corrected chi connectivity index (χ0v) is 10.5. The Bertz CT molecular complexity index is 363. The van der Waals surface area contributed by atoms with E-state index in [0.717, 1.165) is 15.6 Å². The normalized spacial score (nSPS) is 13.9. The van der Waals surface area contributed by atoms with E-state index in [2.05, 4.69) is 15.9 Å². The maximum absolute atomic E-state index is 11.9.